The van der Waals surface area contributed by atoms with Crippen LogP contribution in [0.4, 0.5) is 4.39 Å². The summed E-state index contributed by atoms with van der Waals surface area (Å²) in [5, 5.41) is 0. The maximum absolute atomic E-state index is 12.9. The van der Waals surface area contributed by atoms with Crippen molar-refractivity contribution in [3.05, 3.63) is 29.6 Å². The highest BCUT2D eigenvalue weighted by Gasteiger charge is 2.38. The largest absolute Gasteiger partial charge is 0.496 e. The fraction of sp³-hybridized carbons (Fsp3) is 0.455. The lowest BCUT2D eigenvalue weighted by atomic mass is 10.1. The topological polar surface area (TPSA) is 35.2 Å². The fourth-order valence-electron chi connectivity index (χ4n) is 1.88. The van der Waals surface area contributed by atoms with E-state index in [0.29, 0.717) is 24.1 Å². The second kappa shape index (κ2) is 3.58. The Morgan fingerprint density at radius 1 is 1.57 bits per heavy atom. The molecule has 0 unspecified atom stereocenters. The summed E-state index contributed by atoms with van der Waals surface area (Å²) in [7, 11) is 1.57. The molecule has 2 atom stereocenters. The van der Waals surface area contributed by atoms with Gasteiger partial charge in [-0.25, -0.2) is 4.39 Å². The van der Waals surface area contributed by atoms with E-state index in [0.717, 1.165) is 12.0 Å². The molecule has 76 valence electrons. The van der Waals surface area contributed by atoms with Crippen LogP contribution >= 0.6 is 0 Å². The number of benzene rings is 1. The number of methoxy groups -OCH3 is 1. The molecular weight excluding hydrogens is 181 g/mol. The summed E-state index contributed by atoms with van der Waals surface area (Å²) in [6.45, 7) is 0.700. The van der Waals surface area contributed by atoms with Gasteiger partial charge in [0, 0.05) is 6.07 Å². The lowest BCUT2D eigenvalue weighted by Crippen LogP contribution is -2.02. The Bertz CT molecular complexity index is 340. The van der Waals surface area contributed by atoms with Gasteiger partial charge in [-0.1, -0.05) is 6.07 Å². The number of rotatable bonds is 3. The highest BCUT2D eigenvalue weighted by molar-refractivity contribution is 5.40. The third kappa shape index (κ3) is 1.60. The third-order valence-corrected chi connectivity index (χ3v) is 2.82. The van der Waals surface area contributed by atoms with Gasteiger partial charge in [0.2, 0.25) is 0 Å². The molecule has 1 saturated carbocycles. The van der Waals surface area contributed by atoms with Crippen molar-refractivity contribution in [2.45, 2.75) is 12.3 Å². The van der Waals surface area contributed by atoms with E-state index in [4.69, 9.17) is 10.5 Å². The summed E-state index contributed by atoms with van der Waals surface area (Å²) in [6, 6.07) is 4.71. The smallest absolute Gasteiger partial charge is 0.126 e. The maximum Gasteiger partial charge on any atom is 0.126 e. The first-order chi connectivity index (χ1) is 6.76. The predicted octanol–water partition coefficient (Wildman–Crippen LogP) is 1.90. The van der Waals surface area contributed by atoms with E-state index < -0.39 is 0 Å². The summed E-state index contributed by atoms with van der Waals surface area (Å²) in [5.74, 6) is 1.41. The van der Waals surface area contributed by atoms with Gasteiger partial charge in [-0.15, -0.1) is 0 Å². The molecule has 0 heterocycles. The van der Waals surface area contributed by atoms with Crippen LogP contribution in [-0.2, 0) is 0 Å². The van der Waals surface area contributed by atoms with Crippen LogP contribution in [0.2, 0.25) is 0 Å². The first-order valence-corrected chi connectivity index (χ1v) is 4.79. The zero-order chi connectivity index (χ0) is 10.1. The second-order valence-corrected chi connectivity index (χ2v) is 3.72. The molecule has 3 heteroatoms. The maximum atomic E-state index is 12.9. The Morgan fingerprint density at radius 3 is 2.93 bits per heavy atom. The minimum Gasteiger partial charge on any atom is -0.496 e. The summed E-state index contributed by atoms with van der Waals surface area (Å²) < 4.78 is 18.0. The molecule has 2 nitrogen and oxygen atoms in total. The molecule has 2 N–H and O–H groups in total. The van der Waals surface area contributed by atoms with Crippen molar-refractivity contribution in [3.8, 4) is 5.75 Å². The van der Waals surface area contributed by atoms with E-state index in [2.05, 4.69) is 0 Å². The van der Waals surface area contributed by atoms with Crippen LogP contribution in [-0.4, -0.2) is 13.7 Å². The normalized spacial score (nSPS) is 24.8. The van der Waals surface area contributed by atoms with Crippen LogP contribution in [0.3, 0.4) is 0 Å². The molecule has 0 aromatic heterocycles. The van der Waals surface area contributed by atoms with Crippen LogP contribution in [0.5, 0.6) is 5.75 Å². The number of halogens is 1. The van der Waals surface area contributed by atoms with Gasteiger partial charge in [0.05, 0.1) is 7.11 Å². The molecule has 0 radical (unpaired) electrons. The van der Waals surface area contributed by atoms with E-state index in [1.54, 1.807) is 13.2 Å². The van der Waals surface area contributed by atoms with Gasteiger partial charge in [0.25, 0.3) is 0 Å². The molecule has 0 saturated heterocycles. The van der Waals surface area contributed by atoms with E-state index in [1.165, 1.54) is 12.1 Å². The lowest BCUT2D eigenvalue weighted by molar-refractivity contribution is 0.405. The number of hydrogen-bond donors (Lipinski definition) is 1. The summed E-state index contributed by atoms with van der Waals surface area (Å²) in [4.78, 5) is 0. The highest BCUT2D eigenvalue weighted by atomic mass is 19.1. The first kappa shape index (κ1) is 9.46. The lowest BCUT2D eigenvalue weighted by Gasteiger charge is -2.07. The van der Waals surface area contributed by atoms with Gasteiger partial charge in [-0.05, 0) is 36.4 Å². The van der Waals surface area contributed by atoms with Gasteiger partial charge >= 0.3 is 0 Å². The van der Waals surface area contributed by atoms with Crippen molar-refractivity contribution < 1.29 is 9.13 Å². The Morgan fingerprint density at radius 2 is 2.36 bits per heavy atom. The van der Waals surface area contributed by atoms with Gasteiger partial charge in [0.1, 0.15) is 11.6 Å². The molecule has 0 amide bonds. The van der Waals surface area contributed by atoms with Crippen molar-refractivity contribution in [3.63, 3.8) is 0 Å². The molecular formula is C11H14FNO. The Kier molecular flexibility index (Phi) is 2.42. The molecule has 0 bridgehead atoms. The molecule has 1 aliphatic rings. The van der Waals surface area contributed by atoms with Crippen molar-refractivity contribution in [2.24, 2.45) is 11.7 Å². The Labute approximate surface area is 82.9 Å². The van der Waals surface area contributed by atoms with Gasteiger partial charge < -0.3 is 10.5 Å². The van der Waals surface area contributed by atoms with Crippen molar-refractivity contribution in [2.75, 3.05) is 13.7 Å². The molecule has 0 aliphatic heterocycles. The number of nitrogens with two attached hydrogens (primary N) is 1. The number of ether oxygens (including phenoxy) is 1. The van der Waals surface area contributed by atoms with Crippen molar-refractivity contribution in [1.82, 2.24) is 0 Å². The average molecular weight is 195 g/mol. The highest BCUT2D eigenvalue weighted by Crippen LogP contribution is 2.49. The zero-order valence-electron chi connectivity index (χ0n) is 8.16. The summed E-state index contributed by atoms with van der Waals surface area (Å²) in [5.41, 5.74) is 6.66. The van der Waals surface area contributed by atoms with E-state index >= 15 is 0 Å². The van der Waals surface area contributed by atoms with Crippen molar-refractivity contribution >= 4 is 0 Å². The van der Waals surface area contributed by atoms with Crippen LogP contribution in [0.15, 0.2) is 18.2 Å². The molecule has 14 heavy (non-hydrogen) atoms. The van der Waals surface area contributed by atoms with E-state index in [9.17, 15) is 4.39 Å². The van der Waals surface area contributed by atoms with Gasteiger partial charge in [-0.3, -0.25) is 0 Å². The SMILES string of the molecule is COc1cc(F)ccc1[C@@H]1C[C@H]1CN. The Balaban J connectivity index is 2.25. The van der Waals surface area contributed by atoms with Gasteiger partial charge in [0.15, 0.2) is 0 Å². The first-order valence-electron chi connectivity index (χ1n) is 4.79. The molecule has 1 aromatic carbocycles. The van der Waals surface area contributed by atoms with Crippen LogP contribution in [0.25, 0.3) is 0 Å². The zero-order valence-corrected chi connectivity index (χ0v) is 8.16. The minimum absolute atomic E-state index is 0.254. The molecule has 2 rings (SSSR count). The predicted molar refractivity (Wildman–Crippen MR) is 52.9 cm³/mol. The van der Waals surface area contributed by atoms with E-state index in [-0.39, 0.29) is 5.82 Å². The summed E-state index contributed by atoms with van der Waals surface area (Å²) >= 11 is 0. The standard InChI is InChI=1S/C11H14FNO/c1-14-11-5-8(12)2-3-9(11)10-4-7(10)6-13/h2-3,5,7,10H,4,6,13H2,1H3/t7-,10+/m0/s1. The van der Waals surface area contributed by atoms with E-state index in [1.807, 2.05) is 0 Å². The molecule has 1 fully saturated rings. The van der Waals surface area contributed by atoms with Crippen LogP contribution in [0, 0.1) is 11.7 Å². The average Bonchev–Trinajstić information content (AvgIpc) is 2.96. The van der Waals surface area contributed by atoms with Crippen LogP contribution in [0.1, 0.15) is 17.9 Å². The molecule has 0 spiro atoms. The van der Waals surface area contributed by atoms with Crippen molar-refractivity contribution in [1.29, 1.82) is 0 Å². The molecule has 1 aromatic rings. The monoisotopic (exact) mass is 195 g/mol. The Hall–Kier alpha value is -1.09. The fourth-order valence-corrected chi connectivity index (χ4v) is 1.88. The second-order valence-electron chi connectivity index (χ2n) is 3.72. The minimum atomic E-state index is -0.254. The quantitative estimate of drug-likeness (QED) is 0.799. The third-order valence-electron chi connectivity index (χ3n) is 2.82. The number of hydrogen-bond acceptors (Lipinski definition) is 2. The van der Waals surface area contributed by atoms with Crippen LogP contribution < -0.4 is 10.5 Å². The van der Waals surface area contributed by atoms with Gasteiger partial charge in [-0.2, -0.15) is 0 Å². The molecule has 1 aliphatic carbocycles. The summed E-state index contributed by atoms with van der Waals surface area (Å²) in [6.07, 6.45) is 1.10.